The summed E-state index contributed by atoms with van der Waals surface area (Å²) in [5.41, 5.74) is 0. The van der Waals surface area contributed by atoms with Crippen LogP contribution >= 0.6 is 0 Å². The van der Waals surface area contributed by atoms with Crippen molar-refractivity contribution in [2.45, 2.75) is 51.7 Å². The fraction of sp³-hybridized carbons (Fsp3) is 0.900. The molecule has 15 heavy (non-hydrogen) atoms. The largest absolute Gasteiger partial charge is 0.374 e. The van der Waals surface area contributed by atoms with Gasteiger partial charge in [-0.2, -0.15) is 0 Å². The molecule has 1 rings (SSSR count). The number of aliphatic hydroxyl groups excluding tert-OH is 1. The van der Waals surface area contributed by atoms with E-state index in [1.54, 1.807) is 0 Å². The molecule has 0 radical (unpaired) electrons. The maximum absolute atomic E-state index is 11.0. The van der Waals surface area contributed by atoms with Crippen LogP contribution in [-0.2, 0) is 14.3 Å². The molecule has 1 saturated heterocycles. The van der Waals surface area contributed by atoms with Crippen molar-refractivity contribution in [1.82, 2.24) is 5.32 Å². The van der Waals surface area contributed by atoms with Gasteiger partial charge in [0.05, 0.1) is 12.1 Å². The lowest BCUT2D eigenvalue weighted by molar-refractivity contribution is -0.212. The van der Waals surface area contributed by atoms with Gasteiger partial charge in [-0.3, -0.25) is 4.79 Å². The van der Waals surface area contributed by atoms with Crippen molar-refractivity contribution in [2.75, 3.05) is 6.61 Å². The van der Waals surface area contributed by atoms with E-state index in [9.17, 15) is 9.90 Å². The number of hydrogen-bond acceptors (Lipinski definition) is 4. The van der Waals surface area contributed by atoms with Crippen LogP contribution in [0.2, 0.25) is 0 Å². The molecule has 0 aromatic heterocycles. The maximum atomic E-state index is 11.0. The lowest BCUT2D eigenvalue weighted by atomic mass is 9.99. The molecule has 2 N–H and O–H groups in total. The van der Waals surface area contributed by atoms with Gasteiger partial charge in [-0.15, -0.1) is 0 Å². The predicted octanol–water partition coefficient (Wildman–Crippen LogP) is 0.0234. The smallest absolute Gasteiger partial charge is 0.217 e. The Morgan fingerprint density at radius 1 is 1.67 bits per heavy atom. The van der Waals surface area contributed by atoms with E-state index in [4.69, 9.17) is 9.47 Å². The van der Waals surface area contributed by atoms with E-state index in [-0.39, 0.29) is 24.2 Å². The summed E-state index contributed by atoms with van der Waals surface area (Å²) in [6, 6.07) is -0.179. The lowest BCUT2D eigenvalue weighted by Crippen LogP contribution is -2.55. The van der Waals surface area contributed by atoms with Crippen LogP contribution in [-0.4, -0.2) is 42.2 Å². The van der Waals surface area contributed by atoms with Gasteiger partial charge in [-0.25, -0.2) is 0 Å². The summed E-state index contributed by atoms with van der Waals surface area (Å²) in [7, 11) is 0. The Bertz CT molecular complexity index is 221. The molecule has 5 heteroatoms. The predicted molar refractivity (Wildman–Crippen MR) is 54.2 cm³/mol. The first-order chi connectivity index (χ1) is 7.04. The van der Waals surface area contributed by atoms with Crippen LogP contribution in [0.3, 0.4) is 0 Å². The molecule has 0 aliphatic carbocycles. The molecule has 0 saturated carbocycles. The molecule has 1 amide bonds. The van der Waals surface area contributed by atoms with E-state index in [1.807, 2.05) is 13.8 Å². The summed E-state index contributed by atoms with van der Waals surface area (Å²) in [5.74, 6) is -0.119. The molecule has 1 fully saturated rings. The first-order valence-electron chi connectivity index (χ1n) is 5.26. The molecule has 1 aliphatic rings. The van der Waals surface area contributed by atoms with Crippen LogP contribution in [0.25, 0.3) is 0 Å². The average molecular weight is 217 g/mol. The molecule has 0 unspecified atom stereocenters. The minimum absolute atomic E-state index is 0.119. The van der Waals surface area contributed by atoms with Crippen molar-refractivity contribution in [3.8, 4) is 0 Å². The molecule has 0 bridgehead atoms. The summed E-state index contributed by atoms with van der Waals surface area (Å²) in [6.07, 6.45) is -0.865. The molecule has 0 aromatic carbocycles. The first kappa shape index (κ1) is 12.4. The summed E-state index contributed by atoms with van der Waals surface area (Å²) >= 11 is 0. The molecule has 0 spiro atoms. The maximum Gasteiger partial charge on any atom is 0.217 e. The zero-order chi connectivity index (χ0) is 11.4. The van der Waals surface area contributed by atoms with Gasteiger partial charge in [0.25, 0.3) is 0 Å². The molecule has 88 valence electrons. The van der Waals surface area contributed by atoms with Gasteiger partial charge in [0, 0.05) is 20.0 Å². The van der Waals surface area contributed by atoms with Gasteiger partial charge in [0.2, 0.25) is 5.91 Å². The average Bonchev–Trinajstić information content (AvgIpc) is 2.10. The standard InChI is InChI=1S/C10H19NO4/c1-4-14-10-6(2)15-9(13)5-8(10)11-7(3)12/h6,8-10,13H,4-5H2,1-3H3,(H,11,12)/t6-,8-,9-,10+/m0/s1. The zero-order valence-corrected chi connectivity index (χ0v) is 9.40. The monoisotopic (exact) mass is 217 g/mol. The van der Waals surface area contributed by atoms with Gasteiger partial charge < -0.3 is 19.9 Å². The third-order valence-electron chi connectivity index (χ3n) is 2.43. The van der Waals surface area contributed by atoms with E-state index < -0.39 is 6.29 Å². The molecule has 0 aromatic rings. The van der Waals surface area contributed by atoms with Crippen molar-refractivity contribution in [2.24, 2.45) is 0 Å². The second-order valence-corrected chi connectivity index (χ2v) is 3.76. The number of ether oxygens (including phenoxy) is 2. The normalized spacial score (nSPS) is 36.3. The minimum Gasteiger partial charge on any atom is -0.374 e. The quantitative estimate of drug-likeness (QED) is 0.699. The van der Waals surface area contributed by atoms with Gasteiger partial charge in [0.15, 0.2) is 6.29 Å². The van der Waals surface area contributed by atoms with Crippen LogP contribution in [0, 0.1) is 0 Å². The summed E-state index contributed by atoms with van der Waals surface area (Å²) in [4.78, 5) is 11.0. The Morgan fingerprint density at radius 2 is 2.33 bits per heavy atom. The first-order valence-corrected chi connectivity index (χ1v) is 5.26. The highest BCUT2D eigenvalue weighted by molar-refractivity contribution is 5.73. The molecule has 1 aliphatic heterocycles. The van der Waals surface area contributed by atoms with Crippen LogP contribution in [0.1, 0.15) is 27.2 Å². The highest BCUT2D eigenvalue weighted by Crippen LogP contribution is 2.21. The summed E-state index contributed by atoms with van der Waals surface area (Å²) < 4.78 is 10.7. The van der Waals surface area contributed by atoms with Crippen molar-refractivity contribution in [1.29, 1.82) is 0 Å². The molecular weight excluding hydrogens is 198 g/mol. The molecule has 4 atom stereocenters. The number of amides is 1. The highest BCUT2D eigenvalue weighted by atomic mass is 16.6. The Hall–Kier alpha value is -0.650. The SMILES string of the molecule is CCO[C@H]1[C@@H](NC(C)=O)C[C@@H](O)O[C@H]1C. The summed E-state index contributed by atoms with van der Waals surface area (Å²) in [6.45, 7) is 5.74. The second kappa shape index (κ2) is 5.44. The number of hydrogen-bond donors (Lipinski definition) is 2. The summed E-state index contributed by atoms with van der Waals surface area (Å²) in [5, 5.41) is 12.2. The topological polar surface area (TPSA) is 67.8 Å². The molecule has 5 nitrogen and oxygen atoms in total. The number of carbonyl (C=O) groups excluding carboxylic acids is 1. The Morgan fingerprint density at radius 3 is 2.87 bits per heavy atom. The minimum atomic E-state index is -0.825. The second-order valence-electron chi connectivity index (χ2n) is 3.76. The highest BCUT2D eigenvalue weighted by Gasteiger charge is 2.36. The van der Waals surface area contributed by atoms with Gasteiger partial charge >= 0.3 is 0 Å². The van der Waals surface area contributed by atoms with Crippen LogP contribution < -0.4 is 5.32 Å². The van der Waals surface area contributed by atoms with Crippen LogP contribution in [0.15, 0.2) is 0 Å². The van der Waals surface area contributed by atoms with E-state index in [1.165, 1.54) is 6.92 Å². The van der Waals surface area contributed by atoms with Gasteiger partial charge in [0.1, 0.15) is 6.10 Å². The fourth-order valence-corrected chi connectivity index (χ4v) is 1.91. The molecular formula is C10H19NO4. The Balaban J connectivity index is 2.63. The van der Waals surface area contributed by atoms with Gasteiger partial charge in [-0.1, -0.05) is 0 Å². The Labute approximate surface area is 89.8 Å². The Kier molecular flexibility index (Phi) is 4.50. The van der Waals surface area contributed by atoms with Crippen molar-refractivity contribution < 1.29 is 19.4 Å². The van der Waals surface area contributed by atoms with Crippen molar-refractivity contribution in [3.05, 3.63) is 0 Å². The van der Waals surface area contributed by atoms with Crippen LogP contribution in [0.5, 0.6) is 0 Å². The number of nitrogens with one attached hydrogen (secondary N) is 1. The van der Waals surface area contributed by atoms with Crippen LogP contribution in [0.4, 0.5) is 0 Å². The van der Waals surface area contributed by atoms with E-state index in [2.05, 4.69) is 5.32 Å². The fourth-order valence-electron chi connectivity index (χ4n) is 1.91. The van der Waals surface area contributed by atoms with E-state index >= 15 is 0 Å². The van der Waals surface area contributed by atoms with Gasteiger partial charge in [-0.05, 0) is 13.8 Å². The number of aliphatic hydroxyl groups is 1. The number of carbonyl (C=O) groups is 1. The number of rotatable bonds is 3. The van der Waals surface area contributed by atoms with Crippen molar-refractivity contribution >= 4 is 5.91 Å². The van der Waals surface area contributed by atoms with Crippen molar-refractivity contribution in [3.63, 3.8) is 0 Å². The van der Waals surface area contributed by atoms with E-state index in [0.717, 1.165) is 0 Å². The third kappa shape index (κ3) is 3.44. The zero-order valence-electron chi connectivity index (χ0n) is 9.40. The third-order valence-corrected chi connectivity index (χ3v) is 2.43. The lowest BCUT2D eigenvalue weighted by Gasteiger charge is -2.38. The molecule has 1 heterocycles. The van der Waals surface area contributed by atoms with E-state index in [0.29, 0.717) is 13.0 Å².